The molecule has 1 N–H and O–H groups in total. The molecule has 0 saturated heterocycles. The van der Waals surface area contributed by atoms with Gasteiger partial charge in [0.05, 0.1) is 6.07 Å². The van der Waals surface area contributed by atoms with Crippen molar-refractivity contribution in [3.8, 4) is 6.07 Å². The Morgan fingerprint density at radius 3 is 2.11 bits per heavy atom. The predicted octanol–water partition coefficient (Wildman–Crippen LogP) is 7.25. The van der Waals surface area contributed by atoms with E-state index in [9.17, 15) is 10.1 Å². The molecule has 6 heteroatoms. The fourth-order valence-corrected chi connectivity index (χ4v) is 5.77. The Kier molecular flexibility index (Phi) is 18.6. The van der Waals surface area contributed by atoms with E-state index >= 15 is 0 Å². The van der Waals surface area contributed by atoms with Crippen LogP contribution in [-0.2, 0) is 4.79 Å². The van der Waals surface area contributed by atoms with Crippen molar-refractivity contribution in [1.29, 1.82) is 5.26 Å². The minimum atomic E-state index is -0.620. The Balaban J connectivity index is 3.77. The fourth-order valence-electron chi connectivity index (χ4n) is 2.79. The number of nitrogens with zero attached hydrogens (tertiary/aromatic N) is 1. The van der Waals surface area contributed by atoms with Crippen LogP contribution in [0.1, 0.15) is 104 Å². The van der Waals surface area contributed by atoms with Gasteiger partial charge in [-0.25, -0.2) is 0 Å². The Bertz CT molecular complexity index is 465. The van der Waals surface area contributed by atoms with Crippen molar-refractivity contribution in [3.63, 3.8) is 0 Å². The fraction of sp³-hybridized carbons (Fsp3) is 0.864. The highest BCUT2D eigenvalue weighted by Crippen LogP contribution is 2.34. The molecule has 0 aromatic carbocycles. The number of unbranched alkanes of at least 4 members (excludes halogenated alkanes) is 9. The van der Waals surface area contributed by atoms with Gasteiger partial charge in [0, 0.05) is 13.0 Å². The van der Waals surface area contributed by atoms with E-state index in [1.165, 1.54) is 76.0 Å². The Morgan fingerprint density at radius 1 is 1.00 bits per heavy atom. The number of hydrogen-bond acceptors (Lipinski definition) is 5. The third-order valence-corrected chi connectivity index (χ3v) is 7.51. The largest absolute Gasteiger partial charge is 0.356 e. The maximum atomic E-state index is 11.8. The first-order chi connectivity index (χ1) is 13.5. The van der Waals surface area contributed by atoms with Gasteiger partial charge in [-0.2, -0.15) is 5.26 Å². The van der Waals surface area contributed by atoms with E-state index in [0.717, 1.165) is 15.7 Å². The maximum Gasteiger partial charge on any atom is 0.220 e. The van der Waals surface area contributed by atoms with Crippen LogP contribution in [0.5, 0.6) is 0 Å². The van der Waals surface area contributed by atoms with E-state index in [1.54, 1.807) is 11.8 Å². The summed E-state index contributed by atoms with van der Waals surface area (Å²) in [5.74, 6) is 1.05. The van der Waals surface area contributed by atoms with Crippen molar-refractivity contribution in [2.45, 2.75) is 109 Å². The van der Waals surface area contributed by atoms with Crippen LogP contribution in [0.3, 0.4) is 0 Å². The van der Waals surface area contributed by atoms with E-state index < -0.39 is 4.75 Å². The predicted molar refractivity (Wildman–Crippen MR) is 131 cm³/mol. The van der Waals surface area contributed by atoms with Crippen LogP contribution in [0, 0.1) is 11.3 Å². The quantitative estimate of drug-likeness (QED) is 0.189. The molecule has 0 aromatic rings. The minimum absolute atomic E-state index is 0.0212. The first-order valence-electron chi connectivity index (χ1n) is 11.0. The molecule has 0 saturated carbocycles. The molecule has 0 rings (SSSR count). The van der Waals surface area contributed by atoms with Crippen molar-refractivity contribution in [3.05, 3.63) is 0 Å². The lowest BCUT2D eigenvalue weighted by Crippen LogP contribution is -2.27. The van der Waals surface area contributed by atoms with Crippen molar-refractivity contribution < 1.29 is 4.79 Å². The smallest absolute Gasteiger partial charge is 0.220 e. The van der Waals surface area contributed by atoms with Gasteiger partial charge in [0.1, 0.15) is 8.28 Å². The molecule has 3 nitrogen and oxygen atoms in total. The molecule has 162 valence electrons. The van der Waals surface area contributed by atoms with Crippen LogP contribution in [0.15, 0.2) is 0 Å². The van der Waals surface area contributed by atoms with Gasteiger partial charge in [0.25, 0.3) is 0 Å². The molecule has 1 unspecified atom stereocenters. The number of carbonyl (C=O) groups is 1. The molecule has 0 heterocycles. The lowest BCUT2D eigenvalue weighted by Gasteiger charge is -2.20. The molecule has 0 radical (unpaired) electrons. The number of hydrogen-bond donors (Lipinski definition) is 1. The van der Waals surface area contributed by atoms with Crippen LogP contribution < -0.4 is 5.32 Å². The second-order valence-corrected chi connectivity index (χ2v) is 11.4. The maximum absolute atomic E-state index is 11.8. The Hall–Kier alpha value is -0.250. The van der Waals surface area contributed by atoms with E-state index in [1.807, 2.05) is 13.8 Å². The van der Waals surface area contributed by atoms with E-state index in [0.29, 0.717) is 19.4 Å². The summed E-state index contributed by atoms with van der Waals surface area (Å²) in [6, 6.07) is 2.35. The molecule has 1 atom stereocenters. The third-order valence-electron chi connectivity index (χ3n) is 4.66. The summed E-state index contributed by atoms with van der Waals surface area (Å²) in [7, 11) is 0. The average Bonchev–Trinajstić information content (AvgIpc) is 2.69. The van der Waals surface area contributed by atoms with Gasteiger partial charge < -0.3 is 5.32 Å². The number of amides is 1. The number of nitriles is 1. The Morgan fingerprint density at radius 2 is 1.57 bits per heavy atom. The third kappa shape index (κ3) is 16.7. The first kappa shape index (κ1) is 27.8. The van der Waals surface area contributed by atoms with Gasteiger partial charge in [-0.15, -0.1) is 11.8 Å². The average molecular weight is 445 g/mol. The van der Waals surface area contributed by atoms with Gasteiger partial charge in [-0.3, -0.25) is 4.79 Å². The second-order valence-electron chi connectivity index (χ2n) is 7.58. The Labute approximate surface area is 187 Å². The van der Waals surface area contributed by atoms with Gasteiger partial charge in [-0.1, -0.05) is 95.6 Å². The highest BCUT2D eigenvalue weighted by Gasteiger charge is 2.27. The normalized spacial score (nSPS) is 12.9. The van der Waals surface area contributed by atoms with Crippen LogP contribution in [-0.4, -0.2) is 26.5 Å². The minimum Gasteiger partial charge on any atom is -0.356 e. The molecule has 0 aliphatic carbocycles. The van der Waals surface area contributed by atoms with E-state index in [2.05, 4.69) is 18.3 Å². The lowest BCUT2D eigenvalue weighted by molar-refractivity contribution is -0.121. The zero-order chi connectivity index (χ0) is 21.1. The summed E-state index contributed by atoms with van der Waals surface area (Å²) < 4.78 is 0.208. The highest BCUT2D eigenvalue weighted by atomic mass is 32.2. The zero-order valence-corrected chi connectivity index (χ0v) is 20.6. The van der Waals surface area contributed by atoms with Gasteiger partial charge in [-0.05, 0) is 31.9 Å². The topological polar surface area (TPSA) is 52.9 Å². The summed E-state index contributed by atoms with van der Waals surface area (Å²) in [6.45, 7) is 6.87. The first-order valence-corrected chi connectivity index (χ1v) is 13.2. The van der Waals surface area contributed by atoms with Gasteiger partial charge >= 0.3 is 0 Å². The second kappa shape index (κ2) is 18.8. The molecule has 0 spiro atoms. The summed E-state index contributed by atoms with van der Waals surface area (Å²) >= 11 is 8.60. The van der Waals surface area contributed by atoms with Crippen LogP contribution in [0.4, 0.5) is 0 Å². The van der Waals surface area contributed by atoms with Gasteiger partial charge in [0.2, 0.25) is 5.91 Å². The summed E-state index contributed by atoms with van der Waals surface area (Å²) in [5, 5.41) is 12.4. The van der Waals surface area contributed by atoms with E-state index in [4.69, 9.17) is 12.2 Å². The summed E-state index contributed by atoms with van der Waals surface area (Å²) in [6.07, 6.45) is 15.2. The number of thioether (sulfide) groups is 2. The van der Waals surface area contributed by atoms with Crippen LogP contribution in [0.2, 0.25) is 0 Å². The molecule has 0 bridgehead atoms. The van der Waals surface area contributed by atoms with Crippen molar-refractivity contribution in [2.75, 3.05) is 12.3 Å². The molecular weight excluding hydrogens is 404 g/mol. The van der Waals surface area contributed by atoms with Crippen molar-refractivity contribution in [2.24, 2.45) is 0 Å². The number of nitrogens with one attached hydrogen (secondary N) is 1. The molecule has 0 aliphatic heterocycles. The van der Waals surface area contributed by atoms with E-state index in [-0.39, 0.29) is 5.91 Å². The van der Waals surface area contributed by atoms with Crippen LogP contribution >= 0.6 is 35.7 Å². The zero-order valence-electron chi connectivity index (χ0n) is 18.2. The molecule has 0 fully saturated rings. The number of carbonyl (C=O) groups excluding carboxylic acids is 1. The molecular formula is C22H40N2OS3. The summed E-state index contributed by atoms with van der Waals surface area (Å²) in [5.41, 5.74) is 0. The molecule has 0 aromatic heterocycles. The van der Waals surface area contributed by atoms with Crippen molar-refractivity contribution in [1.82, 2.24) is 5.32 Å². The lowest BCUT2D eigenvalue weighted by atomic mass is 10.1. The highest BCUT2D eigenvalue weighted by molar-refractivity contribution is 8.47. The monoisotopic (exact) mass is 444 g/mol. The van der Waals surface area contributed by atoms with Crippen molar-refractivity contribution >= 4 is 45.2 Å². The molecule has 0 aliphatic rings. The van der Waals surface area contributed by atoms with Gasteiger partial charge in [0.15, 0.2) is 0 Å². The number of rotatable bonds is 17. The number of thiocarbonyl (C=S) groups is 1. The SMILES string of the molecule is CCCCCCCCCCCCSC(=S)SC(C)(C#N)CCC(=O)NCCC. The standard InChI is InChI=1S/C22H40N2OS3/c1-4-6-7-8-9-10-11-12-13-14-18-27-21(26)28-22(3,19-23)16-15-20(25)24-17-5-2/h4-18H2,1-3H3,(H,24,25). The molecule has 1 amide bonds. The molecule has 28 heavy (non-hydrogen) atoms. The van der Waals surface area contributed by atoms with Crippen LogP contribution in [0.25, 0.3) is 0 Å². The summed E-state index contributed by atoms with van der Waals surface area (Å²) in [4.78, 5) is 11.8.